The molecular weight excluding hydrogens is 453 g/mol. The molecule has 2 heterocycles. The third-order valence-electron chi connectivity index (χ3n) is 5.43. The maximum Gasteiger partial charge on any atom is 0.257 e. The Hall–Kier alpha value is -3.07. The average molecular weight is 484 g/mol. The minimum absolute atomic E-state index is 0.0988. The highest BCUT2D eigenvalue weighted by molar-refractivity contribution is 7.87. The molecule has 1 fully saturated rings. The Morgan fingerprint density at radius 1 is 1.21 bits per heavy atom. The number of hydrogen-bond donors (Lipinski definition) is 2. The van der Waals surface area contributed by atoms with Gasteiger partial charge in [0.2, 0.25) is 0 Å². The lowest BCUT2D eigenvalue weighted by Gasteiger charge is -2.15. The lowest BCUT2D eigenvalue weighted by molar-refractivity contribution is -0.123. The molecule has 34 heavy (non-hydrogen) atoms. The zero-order valence-corrected chi connectivity index (χ0v) is 20.5. The van der Waals surface area contributed by atoms with Crippen LogP contribution in [0, 0.1) is 18.7 Å². The molecule has 1 aromatic heterocycles. The number of benzene rings is 2. The molecular formula is C25H30FN5O2S. The minimum Gasteiger partial charge on any atom is -0.481 e. The Balaban J connectivity index is 1.58. The van der Waals surface area contributed by atoms with Crippen LogP contribution in [-0.4, -0.2) is 40.5 Å². The SMILES string of the molecule is Cc1cc(N=S2CCCC2)cc2ncnc(Nc3ccc(F)cc3OCC(=O)NCC(C)C)c12. The molecule has 2 N–H and O–H groups in total. The van der Waals surface area contributed by atoms with Crippen molar-refractivity contribution in [3.63, 3.8) is 0 Å². The second-order valence-electron chi connectivity index (χ2n) is 8.80. The molecule has 3 aromatic rings. The summed E-state index contributed by atoms with van der Waals surface area (Å²) in [5.41, 5.74) is 3.24. The van der Waals surface area contributed by atoms with E-state index in [0.29, 0.717) is 24.0 Å². The summed E-state index contributed by atoms with van der Waals surface area (Å²) < 4.78 is 24.5. The number of carbonyl (C=O) groups excluding carboxylic acids is 1. The molecule has 9 heteroatoms. The number of amides is 1. The standard InChI is InChI=1S/C25H30FN5O2S/c1-16(2)13-27-23(32)14-33-22-11-18(26)6-7-20(22)30-25-24-17(3)10-19(12-21(24)28-15-29-25)31-34-8-4-5-9-34/h6-7,10-12,15-16H,4-5,8-9,13-14H2,1-3H3,(H,27,32)(H,28,29,30). The molecule has 4 rings (SSSR count). The predicted molar refractivity (Wildman–Crippen MR) is 136 cm³/mol. The summed E-state index contributed by atoms with van der Waals surface area (Å²) in [5.74, 6) is 2.76. The van der Waals surface area contributed by atoms with Gasteiger partial charge in [-0.3, -0.25) is 4.79 Å². The number of aromatic nitrogens is 2. The second kappa shape index (κ2) is 10.9. The van der Waals surface area contributed by atoms with Crippen LogP contribution in [0.2, 0.25) is 0 Å². The fraction of sp³-hybridized carbons (Fsp3) is 0.400. The van der Waals surface area contributed by atoms with Gasteiger partial charge in [0.15, 0.2) is 6.61 Å². The number of anilines is 2. The summed E-state index contributed by atoms with van der Waals surface area (Å²) in [5, 5.41) is 6.90. The van der Waals surface area contributed by atoms with Gasteiger partial charge in [-0.15, -0.1) is 0 Å². The highest BCUT2D eigenvalue weighted by Crippen LogP contribution is 2.34. The molecule has 2 aromatic carbocycles. The molecule has 1 saturated heterocycles. The molecule has 1 amide bonds. The predicted octanol–water partition coefficient (Wildman–Crippen LogP) is 5.20. The first kappa shape index (κ1) is 24.1. The molecule has 0 aliphatic carbocycles. The largest absolute Gasteiger partial charge is 0.481 e. The first-order valence-electron chi connectivity index (χ1n) is 11.5. The average Bonchev–Trinajstić information content (AvgIpc) is 3.30. The molecule has 0 bridgehead atoms. The van der Waals surface area contributed by atoms with Crippen molar-refractivity contribution in [3.8, 4) is 5.75 Å². The van der Waals surface area contributed by atoms with E-state index >= 15 is 0 Å². The van der Waals surface area contributed by atoms with E-state index in [0.717, 1.165) is 33.7 Å². The Labute approximate surface area is 201 Å². The van der Waals surface area contributed by atoms with Crippen LogP contribution in [-0.2, 0) is 15.5 Å². The van der Waals surface area contributed by atoms with Gasteiger partial charge in [0.05, 0.1) is 16.9 Å². The Kier molecular flexibility index (Phi) is 7.72. The number of nitrogens with zero attached hydrogens (tertiary/aromatic N) is 3. The summed E-state index contributed by atoms with van der Waals surface area (Å²) in [4.78, 5) is 21.0. The zero-order valence-electron chi connectivity index (χ0n) is 19.7. The Morgan fingerprint density at radius 2 is 2.00 bits per heavy atom. The monoisotopic (exact) mass is 483 g/mol. The van der Waals surface area contributed by atoms with Crippen LogP contribution < -0.4 is 15.4 Å². The van der Waals surface area contributed by atoms with Crippen LogP contribution in [0.25, 0.3) is 10.9 Å². The van der Waals surface area contributed by atoms with Crippen molar-refractivity contribution in [1.82, 2.24) is 15.3 Å². The summed E-state index contributed by atoms with van der Waals surface area (Å²) in [6, 6.07) is 8.22. The lowest BCUT2D eigenvalue weighted by Crippen LogP contribution is -2.31. The molecule has 0 unspecified atom stereocenters. The third kappa shape index (κ3) is 6.08. The maximum absolute atomic E-state index is 13.9. The summed E-state index contributed by atoms with van der Waals surface area (Å²) in [6.07, 6.45) is 3.99. The van der Waals surface area contributed by atoms with E-state index in [-0.39, 0.29) is 29.0 Å². The van der Waals surface area contributed by atoms with E-state index in [9.17, 15) is 9.18 Å². The van der Waals surface area contributed by atoms with Crippen molar-refractivity contribution in [1.29, 1.82) is 0 Å². The molecule has 180 valence electrons. The van der Waals surface area contributed by atoms with Crippen molar-refractivity contribution < 1.29 is 13.9 Å². The van der Waals surface area contributed by atoms with Gasteiger partial charge in [0.25, 0.3) is 5.91 Å². The number of ether oxygens (including phenoxy) is 1. The van der Waals surface area contributed by atoms with Crippen molar-refractivity contribution >= 4 is 44.7 Å². The van der Waals surface area contributed by atoms with Gasteiger partial charge < -0.3 is 15.4 Å². The van der Waals surface area contributed by atoms with E-state index < -0.39 is 5.82 Å². The van der Waals surface area contributed by atoms with Gasteiger partial charge in [-0.05, 0) is 55.5 Å². The van der Waals surface area contributed by atoms with Crippen LogP contribution in [0.3, 0.4) is 0 Å². The molecule has 7 nitrogen and oxygen atoms in total. The van der Waals surface area contributed by atoms with Crippen molar-refractivity contribution in [2.45, 2.75) is 33.6 Å². The molecule has 0 atom stereocenters. The molecule has 0 spiro atoms. The molecule has 0 saturated carbocycles. The van der Waals surface area contributed by atoms with Gasteiger partial charge in [-0.25, -0.2) is 18.7 Å². The fourth-order valence-electron chi connectivity index (χ4n) is 3.76. The molecule has 1 aliphatic heterocycles. The Bertz CT molecular complexity index is 1220. The first-order chi connectivity index (χ1) is 16.4. The highest BCUT2D eigenvalue weighted by Gasteiger charge is 2.14. The summed E-state index contributed by atoms with van der Waals surface area (Å²) in [7, 11) is 0.0988. The number of fused-ring (bicyclic) bond motifs is 1. The van der Waals surface area contributed by atoms with Crippen LogP contribution >= 0.6 is 0 Å². The fourth-order valence-corrected chi connectivity index (χ4v) is 5.62. The van der Waals surface area contributed by atoms with Crippen molar-refractivity contribution in [2.75, 3.05) is 30.0 Å². The second-order valence-corrected chi connectivity index (χ2v) is 10.7. The van der Waals surface area contributed by atoms with E-state index in [1.165, 1.54) is 31.3 Å². The van der Waals surface area contributed by atoms with Gasteiger partial charge in [-0.1, -0.05) is 24.5 Å². The number of carbonyl (C=O) groups is 1. The topological polar surface area (TPSA) is 88.5 Å². The number of nitrogens with one attached hydrogen (secondary N) is 2. The third-order valence-corrected chi connectivity index (χ3v) is 7.42. The van der Waals surface area contributed by atoms with E-state index in [1.54, 1.807) is 6.07 Å². The number of halogens is 1. The smallest absolute Gasteiger partial charge is 0.257 e. The van der Waals surface area contributed by atoms with Gasteiger partial charge in [-0.2, -0.15) is 0 Å². The van der Waals surface area contributed by atoms with Crippen LogP contribution in [0.5, 0.6) is 5.75 Å². The first-order valence-corrected chi connectivity index (χ1v) is 13.0. The van der Waals surface area contributed by atoms with Crippen LogP contribution in [0.15, 0.2) is 41.0 Å². The number of hydrogen-bond acceptors (Lipinski definition) is 6. The van der Waals surface area contributed by atoms with Crippen LogP contribution in [0.1, 0.15) is 32.3 Å². The minimum atomic E-state index is -0.453. The van der Waals surface area contributed by atoms with E-state index in [1.807, 2.05) is 26.8 Å². The summed E-state index contributed by atoms with van der Waals surface area (Å²) in [6.45, 7) is 6.38. The quantitative estimate of drug-likeness (QED) is 0.460. The van der Waals surface area contributed by atoms with Gasteiger partial charge in [0.1, 0.15) is 23.7 Å². The molecule has 0 radical (unpaired) electrons. The zero-order chi connectivity index (χ0) is 24.1. The Morgan fingerprint density at radius 3 is 2.76 bits per heavy atom. The maximum atomic E-state index is 13.9. The van der Waals surface area contributed by atoms with E-state index in [2.05, 4.69) is 26.7 Å². The summed E-state index contributed by atoms with van der Waals surface area (Å²) >= 11 is 0. The molecule has 1 aliphatic rings. The van der Waals surface area contributed by atoms with Crippen molar-refractivity contribution in [3.05, 3.63) is 48.0 Å². The van der Waals surface area contributed by atoms with Crippen LogP contribution in [0.4, 0.5) is 21.6 Å². The number of aryl methyl sites for hydroxylation is 1. The van der Waals surface area contributed by atoms with Gasteiger partial charge >= 0.3 is 0 Å². The van der Waals surface area contributed by atoms with Gasteiger partial charge in [0, 0.05) is 29.5 Å². The highest BCUT2D eigenvalue weighted by atomic mass is 32.2. The van der Waals surface area contributed by atoms with E-state index in [4.69, 9.17) is 9.10 Å². The number of rotatable bonds is 8. The lowest BCUT2D eigenvalue weighted by atomic mass is 10.1. The van der Waals surface area contributed by atoms with Crippen molar-refractivity contribution in [2.24, 2.45) is 10.3 Å². The normalized spacial score (nSPS) is 13.9.